The zero-order valence-electron chi connectivity index (χ0n) is 19.6. The summed E-state index contributed by atoms with van der Waals surface area (Å²) in [7, 11) is 0. The van der Waals surface area contributed by atoms with Crippen LogP contribution >= 0.6 is 0 Å². The van der Waals surface area contributed by atoms with E-state index in [-0.39, 0.29) is 18.7 Å². The molecule has 0 bridgehead atoms. The third-order valence-electron chi connectivity index (χ3n) is 6.21. The van der Waals surface area contributed by atoms with Crippen molar-refractivity contribution in [2.24, 2.45) is 0 Å². The van der Waals surface area contributed by atoms with Gasteiger partial charge in [0, 0.05) is 5.39 Å². The largest absolute Gasteiger partial charge is 0.573 e. The quantitative estimate of drug-likeness (QED) is 0.220. The minimum Gasteiger partial charge on any atom is -0.403 e. The maximum absolute atomic E-state index is 15.1. The third-order valence-corrected chi connectivity index (χ3v) is 6.21. The third kappa shape index (κ3) is 6.20. The Kier molecular flexibility index (Phi) is 7.57. The van der Waals surface area contributed by atoms with Crippen LogP contribution < -0.4 is 4.74 Å². The summed E-state index contributed by atoms with van der Waals surface area (Å²) in [6.07, 6.45) is -2.57. The van der Waals surface area contributed by atoms with Gasteiger partial charge in [0.25, 0.3) is 0 Å². The standard InChI is InChI=1S/C29H24F6O/c1-2-18-3-8-21(25(30)16-18)9-4-19-6-13-24-23(15-19)12-11-22(28(24)32)10-5-20-7-14-27(26(31)17-20)36-29(33,34)35/h3,6-8,11-17H,2,4-5,9-10H2,1H3. The number of benzene rings is 4. The normalized spacial score (nSPS) is 11.8. The molecule has 0 amide bonds. The minimum atomic E-state index is -4.98. The van der Waals surface area contributed by atoms with Crippen LogP contribution in [0, 0.1) is 17.5 Å². The van der Waals surface area contributed by atoms with Crippen LogP contribution in [-0.2, 0) is 32.1 Å². The molecule has 0 aliphatic rings. The first kappa shape index (κ1) is 25.6. The Balaban J connectivity index is 1.43. The molecule has 36 heavy (non-hydrogen) atoms. The van der Waals surface area contributed by atoms with Crippen LogP contribution in [0.25, 0.3) is 10.8 Å². The highest BCUT2D eigenvalue weighted by Gasteiger charge is 2.32. The summed E-state index contributed by atoms with van der Waals surface area (Å²) in [5, 5.41) is 1.16. The lowest BCUT2D eigenvalue weighted by atomic mass is 9.97. The second-order valence-corrected chi connectivity index (χ2v) is 8.69. The molecule has 0 spiro atoms. The van der Waals surface area contributed by atoms with Gasteiger partial charge in [-0.25, -0.2) is 13.2 Å². The average Bonchev–Trinajstić information content (AvgIpc) is 2.83. The zero-order valence-corrected chi connectivity index (χ0v) is 19.6. The molecule has 1 nitrogen and oxygen atoms in total. The Bertz CT molecular complexity index is 1380. The molecule has 0 heterocycles. The molecule has 4 rings (SSSR count). The van der Waals surface area contributed by atoms with Gasteiger partial charge < -0.3 is 4.74 Å². The van der Waals surface area contributed by atoms with Crippen molar-refractivity contribution in [2.45, 2.75) is 45.4 Å². The number of halogens is 6. The second-order valence-electron chi connectivity index (χ2n) is 8.69. The monoisotopic (exact) mass is 502 g/mol. The summed E-state index contributed by atoms with van der Waals surface area (Å²) in [6.45, 7) is 1.97. The van der Waals surface area contributed by atoms with Crippen LogP contribution in [0.15, 0.2) is 66.7 Å². The molecule has 0 radical (unpaired) electrons. The van der Waals surface area contributed by atoms with E-state index < -0.39 is 23.7 Å². The van der Waals surface area contributed by atoms with Gasteiger partial charge in [-0.2, -0.15) is 0 Å². The first-order valence-electron chi connectivity index (χ1n) is 11.6. The first-order chi connectivity index (χ1) is 17.1. The number of rotatable bonds is 8. The molecule has 0 N–H and O–H groups in total. The van der Waals surface area contributed by atoms with Crippen molar-refractivity contribution in [3.8, 4) is 5.75 Å². The van der Waals surface area contributed by atoms with Crippen molar-refractivity contribution in [1.82, 2.24) is 0 Å². The van der Waals surface area contributed by atoms with E-state index in [0.29, 0.717) is 34.9 Å². The van der Waals surface area contributed by atoms with Gasteiger partial charge in [-0.15, -0.1) is 13.2 Å². The van der Waals surface area contributed by atoms with Crippen molar-refractivity contribution in [3.05, 3.63) is 112 Å². The van der Waals surface area contributed by atoms with Crippen LogP contribution in [-0.4, -0.2) is 6.36 Å². The molecule has 0 saturated carbocycles. The van der Waals surface area contributed by atoms with E-state index in [1.807, 2.05) is 31.2 Å². The number of ether oxygens (including phenoxy) is 1. The number of hydrogen-bond acceptors (Lipinski definition) is 1. The van der Waals surface area contributed by atoms with Gasteiger partial charge in [0.05, 0.1) is 0 Å². The van der Waals surface area contributed by atoms with Crippen molar-refractivity contribution in [3.63, 3.8) is 0 Å². The van der Waals surface area contributed by atoms with Crippen molar-refractivity contribution < 1.29 is 31.1 Å². The van der Waals surface area contributed by atoms with E-state index in [2.05, 4.69) is 4.74 Å². The van der Waals surface area contributed by atoms with Crippen molar-refractivity contribution >= 4 is 10.8 Å². The van der Waals surface area contributed by atoms with Crippen LogP contribution in [0.5, 0.6) is 5.75 Å². The zero-order chi connectivity index (χ0) is 25.9. The summed E-state index contributed by atoms with van der Waals surface area (Å²) in [4.78, 5) is 0. The molecule has 0 atom stereocenters. The molecule has 188 valence electrons. The summed E-state index contributed by atoms with van der Waals surface area (Å²) in [5.74, 6) is -2.64. The lowest BCUT2D eigenvalue weighted by molar-refractivity contribution is -0.275. The predicted octanol–water partition coefficient (Wildman–Crippen LogP) is 8.29. The Morgan fingerprint density at radius 2 is 1.25 bits per heavy atom. The molecule has 0 unspecified atom stereocenters. The van der Waals surface area contributed by atoms with Crippen molar-refractivity contribution in [2.75, 3.05) is 0 Å². The topological polar surface area (TPSA) is 9.23 Å². The number of alkyl halides is 3. The number of hydrogen-bond donors (Lipinski definition) is 0. The molecule has 0 aliphatic heterocycles. The Morgan fingerprint density at radius 3 is 1.92 bits per heavy atom. The van der Waals surface area contributed by atoms with E-state index in [4.69, 9.17) is 0 Å². The Hall–Kier alpha value is -3.48. The lowest BCUT2D eigenvalue weighted by Crippen LogP contribution is -2.18. The molecule has 4 aromatic rings. The molecule has 7 heteroatoms. The van der Waals surface area contributed by atoms with Crippen LogP contribution in [0.3, 0.4) is 0 Å². The predicted molar refractivity (Wildman–Crippen MR) is 128 cm³/mol. The molecular weight excluding hydrogens is 478 g/mol. The van der Waals surface area contributed by atoms with Gasteiger partial charge in [-0.05, 0) is 83.5 Å². The number of fused-ring (bicyclic) bond motifs is 1. The maximum Gasteiger partial charge on any atom is 0.573 e. The van der Waals surface area contributed by atoms with E-state index in [1.165, 1.54) is 6.07 Å². The summed E-state index contributed by atoms with van der Waals surface area (Å²) >= 11 is 0. The van der Waals surface area contributed by atoms with Gasteiger partial charge >= 0.3 is 6.36 Å². The second kappa shape index (κ2) is 10.6. The SMILES string of the molecule is CCc1ccc(CCc2ccc3c(F)c(CCc4ccc(OC(F)(F)F)c(F)c4)ccc3c2)c(F)c1. The molecule has 4 aromatic carbocycles. The maximum atomic E-state index is 15.1. The van der Waals surface area contributed by atoms with Crippen molar-refractivity contribution in [1.29, 1.82) is 0 Å². The summed E-state index contributed by atoms with van der Waals surface area (Å²) < 4.78 is 83.9. The van der Waals surface area contributed by atoms with Gasteiger partial charge in [0.2, 0.25) is 0 Å². The highest BCUT2D eigenvalue weighted by molar-refractivity contribution is 5.84. The highest BCUT2D eigenvalue weighted by Crippen LogP contribution is 2.28. The van der Waals surface area contributed by atoms with Crippen LogP contribution in [0.1, 0.15) is 34.7 Å². The molecule has 0 saturated heterocycles. The summed E-state index contributed by atoms with van der Waals surface area (Å²) in [6, 6.07) is 17.4. The van der Waals surface area contributed by atoms with Gasteiger partial charge in [0.15, 0.2) is 11.6 Å². The highest BCUT2D eigenvalue weighted by atomic mass is 19.4. The van der Waals surface area contributed by atoms with Crippen LogP contribution in [0.4, 0.5) is 26.3 Å². The lowest BCUT2D eigenvalue weighted by Gasteiger charge is -2.11. The minimum absolute atomic E-state index is 0.215. The molecular formula is C29H24F6O. The fourth-order valence-electron chi connectivity index (χ4n) is 4.21. The fraction of sp³-hybridized carbons (Fsp3) is 0.241. The average molecular weight is 502 g/mol. The van der Waals surface area contributed by atoms with E-state index in [9.17, 15) is 22.0 Å². The molecule has 0 fully saturated rings. The van der Waals surface area contributed by atoms with Gasteiger partial charge in [-0.3, -0.25) is 0 Å². The van der Waals surface area contributed by atoms with Gasteiger partial charge in [0.1, 0.15) is 11.6 Å². The van der Waals surface area contributed by atoms with Gasteiger partial charge in [-0.1, -0.05) is 55.5 Å². The Labute approximate surface area is 205 Å². The smallest absolute Gasteiger partial charge is 0.403 e. The van der Waals surface area contributed by atoms with E-state index in [0.717, 1.165) is 35.1 Å². The fourth-order valence-corrected chi connectivity index (χ4v) is 4.21. The molecule has 0 aliphatic carbocycles. The number of aryl methyl sites for hydroxylation is 5. The summed E-state index contributed by atoms with van der Waals surface area (Å²) in [5.41, 5.74) is 3.40. The molecule has 0 aromatic heterocycles. The first-order valence-corrected chi connectivity index (χ1v) is 11.6. The Morgan fingerprint density at radius 1 is 0.639 bits per heavy atom. The van der Waals surface area contributed by atoms with E-state index >= 15 is 4.39 Å². The van der Waals surface area contributed by atoms with E-state index in [1.54, 1.807) is 24.3 Å². The van der Waals surface area contributed by atoms with Crippen LogP contribution in [0.2, 0.25) is 0 Å².